The van der Waals surface area contributed by atoms with Gasteiger partial charge in [0.25, 0.3) is 11.2 Å². The second kappa shape index (κ2) is 11.0. The summed E-state index contributed by atoms with van der Waals surface area (Å²) in [4.78, 5) is 42.9. The summed E-state index contributed by atoms with van der Waals surface area (Å²) >= 11 is 1.24. The van der Waals surface area contributed by atoms with Gasteiger partial charge in [-0.2, -0.15) is 0 Å². The molecule has 210 valence electrons. The molecule has 0 radical (unpaired) electrons. The third-order valence-electron chi connectivity index (χ3n) is 7.03. The minimum Gasteiger partial charge on any atom is -0.496 e. The average molecular weight is 573 g/mol. The lowest BCUT2D eigenvalue weighted by molar-refractivity contribution is -0.384. The molecular weight excluding hydrogens is 544 g/mol. The molecule has 1 aliphatic heterocycles. The highest BCUT2D eigenvalue weighted by atomic mass is 32.1. The minimum absolute atomic E-state index is 0.0135. The van der Waals surface area contributed by atoms with Crippen LogP contribution < -0.4 is 19.6 Å². The van der Waals surface area contributed by atoms with E-state index >= 15 is 0 Å². The first-order chi connectivity index (χ1) is 19.7. The fraction of sp³-hybridized carbons (Fsp3) is 0.233. The lowest BCUT2D eigenvalue weighted by Gasteiger charge is -2.25. The number of nitro groups is 1. The van der Waals surface area contributed by atoms with Crippen molar-refractivity contribution >= 4 is 29.1 Å². The topological polar surface area (TPSA) is 118 Å². The molecule has 10 nitrogen and oxygen atoms in total. The number of aryl methyl sites for hydroxylation is 1. The van der Waals surface area contributed by atoms with E-state index in [-0.39, 0.29) is 23.4 Å². The van der Waals surface area contributed by atoms with Crippen LogP contribution in [0, 0.1) is 24.0 Å². The van der Waals surface area contributed by atoms with E-state index in [0.717, 1.165) is 22.6 Å². The second-order valence-electron chi connectivity index (χ2n) is 9.48. The number of hydrogen-bond donors (Lipinski definition) is 0. The molecule has 0 N–H and O–H groups in total. The number of para-hydroxylation sites is 1. The van der Waals surface area contributed by atoms with Gasteiger partial charge in [-0.05, 0) is 63.6 Å². The number of aromatic nitrogens is 2. The quantitative estimate of drug-likeness (QED) is 0.187. The number of rotatable bonds is 7. The van der Waals surface area contributed by atoms with Crippen molar-refractivity contribution in [2.45, 2.75) is 33.7 Å². The first-order valence-electron chi connectivity index (χ1n) is 12.9. The van der Waals surface area contributed by atoms with Crippen molar-refractivity contribution in [1.29, 1.82) is 0 Å². The number of non-ortho nitro benzene ring substituents is 1. The van der Waals surface area contributed by atoms with Crippen LogP contribution in [0.25, 0.3) is 11.8 Å². The average Bonchev–Trinajstić information content (AvgIpc) is 3.41. The number of carbonyl (C=O) groups excluding carboxylic acids is 1. The zero-order chi connectivity index (χ0) is 29.4. The molecule has 0 amide bonds. The van der Waals surface area contributed by atoms with E-state index in [1.54, 1.807) is 39.2 Å². The number of benzene rings is 2. The van der Waals surface area contributed by atoms with E-state index in [1.807, 2.05) is 48.8 Å². The van der Waals surface area contributed by atoms with Crippen LogP contribution in [0.5, 0.6) is 5.75 Å². The van der Waals surface area contributed by atoms with E-state index in [9.17, 15) is 19.7 Å². The summed E-state index contributed by atoms with van der Waals surface area (Å²) in [6.07, 6.45) is 1.82. The van der Waals surface area contributed by atoms with Crippen LogP contribution in [0.4, 0.5) is 5.69 Å². The molecule has 1 aliphatic rings. The number of nitro benzene ring substituents is 1. The first-order valence-corrected chi connectivity index (χ1v) is 13.7. The zero-order valence-corrected chi connectivity index (χ0v) is 24.0. The van der Waals surface area contributed by atoms with E-state index in [1.165, 1.54) is 28.0 Å². The summed E-state index contributed by atoms with van der Waals surface area (Å²) in [7, 11) is 1.55. The van der Waals surface area contributed by atoms with E-state index in [2.05, 4.69) is 4.99 Å². The maximum Gasteiger partial charge on any atom is 0.338 e. The molecular formula is C30H28N4O6S. The summed E-state index contributed by atoms with van der Waals surface area (Å²) in [5, 5.41) is 11.1. The summed E-state index contributed by atoms with van der Waals surface area (Å²) in [6, 6.07) is 14.8. The highest BCUT2D eigenvalue weighted by Crippen LogP contribution is 2.35. The van der Waals surface area contributed by atoms with Crippen molar-refractivity contribution in [3.8, 4) is 11.4 Å². The largest absolute Gasteiger partial charge is 0.496 e. The molecule has 0 saturated carbocycles. The predicted octanol–water partition coefficient (Wildman–Crippen LogP) is 4.12. The summed E-state index contributed by atoms with van der Waals surface area (Å²) in [5.41, 5.74) is 4.50. The lowest BCUT2D eigenvalue weighted by atomic mass is 9.95. The van der Waals surface area contributed by atoms with Crippen LogP contribution >= 0.6 is 11.3 Å². The van der Waals surface area contributed by atoms with Gasteiger partial charge in [0, 0.05) is 34.8 Å². The molecule has 2 aromatic heterocycles. The fourth-order valence-electron chi connectivity index (χ4n) is 5.17. The number of allylic oxidation sites excluding steroid dienone is 1. The van der Waals surface area contributed by atoms with Gasteiger partial charge in [-0.25, -0.2) is 9.79 Å². The van der Waals surface area contributed by atoms with E-state index in [4.69, 9.17) is 9.47 Å². The smallest absolute Gasteiger partial charge is 0.338 e. The van der Waals surface area contributed by atoms with Crippen molar-refractivity contribution in [1.82, 2.24) is 9.13 Å². The van der Waals surface area contributed by atoms with Gasteiger partial charge >= 0.3 is 5.97 Å². The van der Waals surface area contributed by atoms with Crippen molar-refractivity contribution < 1.29 is 19.2 Å². The van der Waals surface area contributed by atoms with Crippen molar-refractivity contribution in [3.05, 3.63) is 118 Å². The minimum atomic E-state index is -0.781. The third kappa shape index (κ3) is 4.89. The summed E-state index contributed by atoms with van der Waals surface area (Å²) in [6.45, 7) is 7.52. The Morgan fingerprint density at radius 1 is 1.15 bits per heavy atom. The Bertz CT molecular complexity index is 1900. The lowest BCUT2D eigenvalue weighted by Crippen LogP contribution is -2.40. The second-order valence-corrected chi connectivity index (χ2v) is 10.5. The Labute approximate surface area is 239 Å². The van der Waals surface area contributed by atoms with Crippen LogP contribution in [0.3, 0.4) is 0 Å². The van der Waals surface area contributed by atoms with Crippen LogP contribution in [0.2, 0.25) is 0 Å². The number of ether oxygens (including phenoxy) is 2. The first kappa shape index (κ1) is 27.8. The Kier molecular flexibility index (Phi) is 7.46. The monoisotopic (exact) mass is 572 g/mol. The number of thiazole rings is 1. The maximum atomic E-state index is 14.0. The van der Waals surface area contributed by atoms with Crippen LogP contribution in [0.1, 0.15) is 42.4 Å². The molecule has 1 atom stereocenters. The van der Waals surface area contributed by atoms with Crippen molar-refractivity contribution in [3.63, 3.8) is 0 Å². The highest BCUT2D eigenvalue weighted by Gasteiger charge is 2.35. The molecule has 3 heterocycles. The number of hydrogen-bond acceptors (Lipinski definition) is 8. The van der Waals surface area contributed by atoms with Crippen LogP contribution in [0.15, 0.2) is 75.7 Å². The zero-order valence-electron chi connectivity index (χ0n) is 23.2. The number of fused-ring (bicyclic) bond motifs is 1. The van der Waals surface area contributed by atoms with Gasteiger partial charge < -0.3 is 14.0 Å². The highest BCUT2D eigenvalue weighted by molar-refractivity contribution is 7.07. The number of methoxy groups -OCH3 is 1. The number of carbonyl (C=O) groups is 1. The Balaban J connectivity index is 1.68. The Morgan fingerprint density at radius 3 is 2.51 bits per heavy atom. The molecule has 0 fully saturated rings. The van der Waals surface area contributed by atoms with Gasteiger partial charge in [-0.1, -0.05) is 29.5 Å². The molecule has 11 heteroatoms. The van der Waals surface area contributed by atoms with Crippen LogP contribution in [-0.4, -0.2) is 33.7 Å². The summed E-state index contributed by atoms with van der Waals surface area (Å²) < 4.78 is 14.9. The molecule has 2 aromatic carbocycles. The van der Waals surface area contributed by atoms with Crippen molar-refractivity contribution in [2.24, 2.45) is 4.99 Å². The summed E-state index contributed by atoms with van der Waals surface area (Å²) in [5.74, 6) is 0.000741. The van der Waals surface area contributed by atoms with Crippen LogP contribution in [-0.2, 0) is 9.53 Å². The standard InChI is InChI=1S/C30H28N4O6S/c1-6-40-29(36)26-18(3)31-30-33(27(26)23-9-7-8-10-24(23)39-5)28(35)25(41-30)16-20-15-17(2)32(19(20)4)21-11-13-22(14-12-21)34(37)38/h7-16,27H,6H2,1-5H3/b25-16+/t27-/m1/s1. The van der Waals surface area contributed by atoms with Gasteiger partial charge in [0.15, 0.2) is 4.80 Å². The molecule has 0 saturated heterocycles. The molecule has 4 aromatic rings. The van der Waals surface area contributed by atoms with E-state index in [0.29, 0.717) is 26.3 Å². The molecule has 5 rings (SSSR count). The molecule has 0 aliphatic carbocycles. The van der Waals surface area contributed by atoms with Crippen molar-refractivity contribution in [2.75, 3.05) is 13.7 Å². The maximum absolute atomic E-state index is 14.0. The van der Waals surface area contributed by atoms with E-state index < -0.39 is 16.9 Å². The normalized spacial score (nSPS) is 15.0. The van der Waals surface area contributed by atoms with Gasteiger partial charge in [0.05, 0.1) is 34.4 Å². The number of esters is 1. The number of nitrogens with zero attached hydrogens (tertiary/aromatic N) is 4. The van der Waals surface area contributed by atoms with Gasteiger partial charge in [0.1, 0.15) is 11.8 Å². The van der Waals surface area contributed by atoms with Gasteiger partial charge in [-0.15, -0.1) is 0 Å². The Hall–Kier alpha value is -4.77. The fourth-order valence-corrected chi connectivity index (χ4v) is 6.21. The SMILES string of the molecule is CCOC(=O)C1=C(C)N=c2s/c(=C/c3cc(C)n(-c4ccc([N+](=O)[O-])cc4)c3C)c(=O)n2[C@@H]1c1ccccc1OC. The molecule has 0 unspecified atom stereocenters. The Morgan fingerprint density at radius 2 is 1.85 bits per heavy atom. The third-order valence-corrected chi connectivity index (χ3v) is 8.01. The molecule has 41 heavy (non-hydrogen) atoms. The molecule has 0 spiro atoms. The molecule has 0 bridgehead atoms. The van der Waals surface area contributed by atoms with Gasteiger partial charge in [-0.3, -0.25) is 19.5 Å². The van der Waals surface area contributed by atoms with Gasteiger partial charge in [0.2, 0.25) is 0 Å². The predicted molar refractivity (Wildman–Crippen MR) is 155 cm³/mol.